The Morgan fingerprint density at radius 3 is 2.52 bits per heavy atom. The minimum atomic E-state index is -0.750. The van der Waals surface area contributed by atoms with Crippen molar-refractivity contribution in [2.45, 2.75) is 56.7 Å². The molecular weight excluding hydrogens is 360 g/mol. The highest BCUT2D eigenvalue weighted by atomic mass is 32.1. The van der Waals surface area contributed by atoms with Crippen molar-refractivity contribution in [1.82, 2.24) is 10.6 Å². The third-order valence-corrected chi connectivity index (χ3v) is 7.74. The molecule has 1 unspecified atom stereocenters. The Bertz CT molecular complexity index is 778. The van der Waals surface area contributed by atoms with Crippen LogP contribution in [0.25, 0.3) is 0 Å². The smallest absolute Gasteiger partial charge is 0.315 e. The van der Waals surface area contributed by atoms with Crippen molar-refractivity contribution in [2.75, 3.05) is 0 Å². The number of hydrogen-bond donors (Lipinski definition) is 3. The van der Waals surface area contributed by atoms with Gasteiger partial charge in [-0.1, -0.05) is 0 Å². The van der Waals surface area contributed by atoms with Crippen LogP contribution in [0.2, 0.25) is 0 Å². The molecule has 2 aromatic heterocycles. The van der Waals surface area contributed by atoms with Gasteiger partial charge in [0, 0.05) is 15.3 Å². The van der Waals surface area contributed by atoms with E-state index < -0.39 is 6.10 Å². The molecule has 2 amide bonds. The summed E-state index contributed by atoms with van der Waals surface area (Å²) in [7, 11) is 0. The second kappa shape index (κ2) is 6.67. The van der Waals surface area contributed by atoms with Gasteiger partial charge in [0.2, 0.25) is 0 Å². The zero-order valence-electron chi connectivity index (χ0n) is 15.3. The van der Waals surface area contributed by atoms with E-state index in [4.69, 9.17) is 4.42 Å². The summed E-state index contributed by atoms with van der Waals surface area (Å²) in [4.78, 5) is 14.4. The standard InChI is InChI=1S/C21H26N2O3S/c24-19(17-2-1-5-26-17)18-4-3-16(27-18)12-22-20(25)23-21-9-13-6-14(10-21)8-15(7-13)11-21/h1-5,13-15,19,24H,6-12H2,(H2,22,23,25). The van der Waals surface area contributed by atoms with Crippen molar-refractivity contribution in [3.63, 3.8) is 0 Å². The Morgan fingerprint density at radius 2 is 1.89 bits per heavy atom. The quantitative estimate of drug-likeness (QED) is 0.721. The molecule has 2 aromatic rings. The summed E-state index contributed by atoms with van der Waals surface area (Å²) in [5.74, 6) is 2.99. The highest BCUT2D eigenvalue weighted by Crippen LogP contribution is 2.55. The predicted molar refractivity (Wildman–Crippen MR) is 103 cm³/mol. The van der Waals surface area contributed by atoms with Crippen molar-refractivity contribution in [2.24, 2.45) is 17.8 Å². The van der Waals surface area contributed by atoms with Crippen LogP contribution in [0.1, 0.15) is 60.1 Å². The Balaban J connectivity index is 1.17. The topological polar surface area (TPSA) is 74.5 Å². The molecule has 2 heterocycles. The molecule has 3 N–H and O–H groups in total. The molecule has 0 saturated heterocycles. The average Bonchev–Trinajstić information content (AvgIpc) is 3.30. The van der Waals surface area contributed by atoms with Gasteiger partial charge in [-0.25, -0.2) is 4.79 Å². The number of furan rings is 1. The van der Waals surface area contributed by atoms with Gasteiger partial charge in [0.05, 0.1) is 12.8 Å². The summed E-state index contributed by atoms with van der Waals surface area (Å²) >= 11 is 1.50. The third kappa shape index (κ3) is 3.41. The summed E-state index contributed by atoms with van der Waals surface area (Å²) in [5, 5.41) is 16.7. The SMILES string of the molecule is O=C(NCc1ccc(C(O)c2ccco2)s1)NC12CC3CC(CC(C3)C1)C2. The number of nitrogens with one attached hydrogen (secondary N) is 2. The Hall–Kier alpha value is -1.79. The fourth-order valence-electron chi connectivity index (χ4n) is 5.94. The van der Waals surface area contributed by atoms with E-state index in [1.165, 1.54) is 30.6 Å². The molecule has 0 spiro atoms. The normalized spacial score (nSPS) is 32.4. The second-order valence-corrected chi connectivity index (χ2v) is 9.93. The number of rotatable bonds is 5. The van der Waals surface area contributed by atoms with Crippen molar-refractivity contribution in [3.05, 3.63) is 46.0 Å². The third-order valence-electron chi connectivity index (χ3n) is 6.60. The molecule has 27 heavy (non-hydrogen) atoms. The summed E-state index contributed by atoms with van der Waals surface area (Å²) in [6.45, 7) is 0.480. The molecule has 4 fully saturated rings. The summed E-state index contributed by atoms with van der Waals surface area (Å²) in [5.41, 5.74) is 0.0366. The van der Waals surface area contributed by atoms with Gasteiger partial charge >= 0.3 is 6.03 Å². The molecule has 4 aliphatic carbocycles. The number of aliphatic hydroxyl groups is 1. The molecule has 4 bridgehead atoms. The molecule has 6 heteroatoms. The maximum Gasteiger partial charge on any atom is 0.315 e. The van der Waals surface area contributed by atoms with E-state index in [1.54, 1.807) is 18.4 Å². The Kier molecular flexibility index (Phi) is 4.28. The van der Waals surface area contributed by atoms with E-state index >= 15 is 0 Å². The molecule has 5 nitrogen and oxygen atoms in total. The lowest BCUT2D eigenvalue weighted by Gasteiger charge is -2.56. The molecule has 144 valence electrons. The van der Waals surface area contributed by atoms with Crippen LogP contribution in [0.4, 0.5) is 4.79 Å². The molecule has 6 rings (SSSR count). The first-order chi connectivity index (χ1) is 13.1. The molecule has 4 saturated carbocycles. The minimum Gasteiger partial charge on any atom is -0.466 e. The fourth-order valence-corrected chi connectivity index (χ4v) is 6.89. The van der Waals surface area contributed by atoms with Crippen LogP contribution < -0.4 is 10.6 Å². The van der Waals surface area contributed by atoms with Crippen LogP contribution in [0.5, 0.6) is 0 Å². The highest BCUT2D eigenvalue weighted by Gasteiger charge is 2.51. The number of amides is 2. The van der Waals surface area contributed by atoms with Gasteiger partial charge in [-0.05, 0) is 80.5 Å². The van der Waals surface area contributed by atoms with Crippen LogP contribution in [0.15, 0.2) is 34.9 Å². The molecular formula is C21H26N2O3S. The van der Waals surface area contributed by atoms with Gasteiger partial charge in [0.25, 0.3) is 0 Å². The highest BCUT2D eigenvalue weighted by molar-refractivity contribution is 7.12. The summed E-state index contributed by atoms with van der Waals surface area (Å²) in [6, 6.07) is 7.33. The van der Waals surface area contributed by atoms with Crippen LogP contribution in [-0.2, 0) is 6.54 Å². The molecule has 4 aliphatic rings. The van der Waals surface area contributed by atoms with E-state index in [1.807, 2.05) is 12.1 Å². The first-order valence-corrected chi connectivity index (χ1v) is 10.8. The zero-order valence-corrected chi connectivity index (χ0v) is 16.1. The van der Waals surface area contributed by atoms with Gasteiger partial charge in [0.15, 0.2) is 0 Å². The monoisotopic (exact) mass is 386 g/mol. The average molecular weight is 387 g/mol. The number of carbonyl (C=O) groups excluding carboxylic acids is 1. The van der Waals surface area contributed by atoms with Gasteiger partial charge in [-0.2, -0.15) is 0 Å². The first kappa shape index (κ1) is 17.3. The van der Waals surface area contributed by atoms with Crippen LogP contribution in [-0.4, -0.2) is 16.7 Å². The lowest BCUT2D eigenvalue weighted by molar-refractivity contribution is -0.0135. The molecule has 0 aliphatic heterocycles. The van der Waals surface area contributed by atoms with Gasteiger partial charge in [-0.3, -0.25) is 0 Å². The van der Waals surface area contributed by atoms with E-state index in [9.17, 15) is 9.90 Å². The van der Waals surface area contributed by atoms with Crippen LogP contribution in [0, 0.1) is 17.8 Å². The fraction of sp³-hybridized carbons (Fsp3) is 0.571. The Labute approximate surface area is 163 Å². The van der Waals surface area contributed by atoms with Gasteiger partial charge < -0.3 is 20.2 Å². The van der Waals surface area contributed by atoms with E-state index in [0.29, 0.717) is 12.3 Å². The molecule has 0 aromatic carbocycles. The van der Waals surface area contributed by atoms with Crippen molar-refractivity contribution in [1.29, 1.82) is 0 Å². The van der Waals surface area contributed by atoms with E-state index in [-0.39, 0.29) is 11.6 Å². The lowest BCUT2D eigenvalue weighted by atomic mass is 9.53. The maximum absolute atomic E-state index is 12.5. The zero-order chi connectivity index (χ0) is 18.4. The van der Waals surface area contributed by atoms with E-state index in [0.717, 1.165) is 46.8 Å². The lowest BCUT2D eigenvalue weighted by Crippen LogP contribution is -2.61. The number of hydrogen-bond acceptors (Lipinski definition) is 4. The predicted octanol–water partition coefficient (Wildman–Crippen LogP) is 4.19. The number of aliphatic hydroxyl groups excluding tert-OH is 1. The van der Waals surface area contributed by atoms with Gasteiger partial charge in [0.1, 0.15) is 11.9 Å². The van der Waals surface area contributed by atoms with E-state index in [2.05, 4.69) is 10.6 Å². The second-order valence-electron chi connectivity index (χ2n) is 8.73. The van der Waals surface area contributed by atoms with Crippen molar-refractivity contribution < 1.29 is 14.3 Å². The number of carbonyl (C=O) groups is 1. The maximum atomic E-state index is 12.5. The number of urea groups is 1. The van der Waals surface area contributed by atoms with Crippen LogP contribution in [0.3, 0.4) is 0 Å². The largest absolute Gasteiger partial charge is 0.466 e. The van der Waals surface area contributed by atoms with Crippen molar-refractivity contribution in [3.8, 4) is 0 Å². The minimum absolute atomic E-state index is 0.0366. The Morgan fingerprint density at radius 1 is 1.19 bits per heavy atom. The van der Waals surface area contributed by atoms with Crippen molar-refractivity contribution >= 4 is 17.4 Å². The summed E-state index contributed by atoms with van der Waals surface area (Å²) < 4.78 is 5.27. The van der Waals surface area contributed by atoms with Crippen LogP contribution >= 0.6 is 11.3 Å². The van der Waals surface area contributed by atoms with Gasteiger partial charge in [-0.15, -0.1) is 11.3 Å². The molecule has 0 radical (unpaired) electrons. The molecule has 1 atom stereocenters. The number of thiophene rings is 1. The first-order valence-electron chi connectivity index (χ1n) is 9.95. The summed E-state index contributed by atoms with van der Waals surface area (Å²) in [6.07, 6.45) is 8.40.